The summed E-state index contributed by atoms with van der Waals surface area (Å²) >= 11 is 0. The zero-order valence-electron chi connectivity index (χ0n) is 27.1. The van der Waals surface area contributed by atoms with E-state index in [0.29, 0.717) is 16.0 Å². The Labute approximate surface area is 286 Å². The molecule has 0 unspecified atom stereocenters. The van der Waals surface area contributed by atoms with Crippen LogP contribution in [0.4, 0.5) is 10.5 Å². The van der Waals surface area contributed by atoms with Gasteiger partial charge in [-0.2, -0.15) is 5.10 Å². The highest BCUT2D eigenvalue weighted by atomic mass is 16.4. The molecule has 0 aliphatic carbocycles. The predicted molar refractivity (Wildman–Crippen MR) is 183 cm³/mol. The maximum Gasteiger partial charge on any atom is 0.360 e. The lowest BCUT2D eigenvalue weighted by Gasteiger charge is -2.43. The van der Waals surface area contributed by atoms with Crippen molar-refractivity contribution in [2.24, 2.45) is 16.7 Å². The molecule has 6 N–H and O–H groups in total. The second kappa shape index (κ2) is 13.6. The number of rotatable bonds is 12. The number of imide groups is 1. The summed E-state index contributed by atoms with van der Waals surface area (Å²) in [5.74, 6) is -1.98. The highest BCUT2D eigenvalue weighted by Crippen LogP contribution is 2.44. The molecule has 1 fully saturated rings. The normalized spacial score (nSPS) is 17.9. The highest BCUT2D eigenvalue weighted by molar-refractivity contribution is 6.24. The van der Waals surface area contributed by atoms with Gasteiger partial charge in [-0.25, -0.2) is 14.5 Å². The molecule has 14 heteroatoms. The van der Waals surface area contributed by atoms with Crippen LogP contribution in [0.2, 0.25) is 0 Å². The Morgan fingerprint density at radius 2 is 1.54 bits per heavy atom. The molecule has 1 aliphatic heterocycles. The first kappa shape index (κ1) is 34.9. The molecule has 4 aromatic carbocycles. The van der Waals surface area contributed by atoms with Crippen molar-refractivity contribution < 1.29 is 39.0 Å². The van der Waals surface area contributed by atoms with Gasteiger partial charge in [-0.1, -0.05) is 78.9 Å². The molecule has 4 aromatic rings. The smallest absolute Gasteiger partial charge is 0.360 e. The molecule has 0 radical (unpaired) electrons. The van der Waals surface area contributed by atoms with Gasteiger partial charge in [-0.3, -0.25) is 24.1 Å². The van der Waals surface area contributed by atoms with Crippen molar-refractivity contribution in [1.82, 2.24) is 9.80 Å². The molecule has 1 saturated heterocycles. The summed E-state index contributed by atoms with van der Waals surface area (Å²) in [6.45, 7) is 2.02. The molecule has 0 saturated carbocycles. The van der Waals surface area contributed by atoms with Gasteiger partial charge in [0.2, 0.25) is 5.91 Å². The van der Waals surface area contributed by atoms with E-state index in [1.165, 1.54) is 49.5 Å². The number of aliphatic carboxylic acids is 2. The van der Waals surface area contributed by atoms with E-state index in [-0.39, 0.29) is 22.7 Å². The second-order valence-electron chi connectivity index (χ2n) is 11.9. The maximum atomic E-state index is 15.0. The minimum Gasteiger partial charge on any atom is -0.481 e. The van der Waals surface area contributed by atoms with Gasteiger partial charge in [0.05, 0.1) is 18.7 Å². The van der Waals surface area contributed by atoms with Gasteiger partial charge < -0.3 is 26.7 Å². The third-order valence-corrected chi connectivity index (χ3v) is 8.82. The first-order valence-corrected chi connectivity index (χ1v) is 15.4. The number of anilines is 1. The van der Waals surface area contributed by atoms with E-state index >= 15 is 0 Å². The van der Waals surface area contributed by atoms with Gasteiger partial charge in [0.15, 0.2) is 5.78 Å². The highest BCUT2D eigenvalue weighted by Gasteiger charge is 2.69. The Kier molecular flexibility index (Phi) is 9.50. The second-order valence-corrected chi connectivity index (χ2v) is 11.9. The SMILES string of the molecule is CC(=O)[C@@](C(=O)O)(N1C(=O)N(Cc2ccc3ccccc3c2)[C@](C)(c2ccc(C=NN)cc2)C1=O)N(C(=O)[C@@H](N)CC(=O)O)c1ccccc1. The number of ketones is 1. The number of fused-ring (bicyclic) bond motifs is 1. The topological polar surface area (TPSA) is 217 Å². The number of nitrogens with zero attached hydrogens (tertiary/aromatic N) is 4. The average molecular weight is 679 g/mol. The average Bonchev–Trinajstić information content (AvgIpc) is 3.27. The van der Waals surface area contributed by atoms with Crippen LogP contribution in [0.25, 0.3) is 10.8 Å². The van der Waals surface area contributed by atoms with Crippen LogP contribution >= 0.6 is 0 Å². The van der Waals surface area contributed by atoms with E-state index in [0.717, 1.165) is 22.6 Å². The summed E-state index contributed by atoms with van der Waals surface area (Å²) in [6, 6.07) is 23.0. The number of nitrogens with two attached hydrogens (primary N) is 2. The van der Waals surface area contributed by atoms with Crippen LogP contribution in [-0.2, 0) is 36.1 Å². The monoisotopic (exact) mass is 678 g/mol. The quantitative estimate of drug-likeness (QED) is 0.0564. The lowest BCUT2D eigenvalue weighted by molar-refractivity contribution is -0.162. The lowest BCUT2D eigenvalue weighted by atomic mass is 9.88. The van der Waals surface area contributed by atoms with Gasteiger partial charge >= 0.3 is 18.0 Å². The molecule has 5 rings (SSSR count). The minimum atomic E-state index is -3.34. The number of carboxylic acid groups (broad SMARTS) is 2. The fourth-order valence-corrected chi connectivity index (χ4v) is 6.27. The Balaban J connectivity index is 1.77. The standard InChI is InChI=1S/C36H34N6O8/c1-22(43)36(33(48)49,41(28-10-4-3-5-11-28)31(46)29(37)19-30(44)45)42-32(47)35(2,27-16-13-23(14-17-27)20-39-38)40(34(42)50)21-24-12-15-25-8-6-7-9-26(25)18-24/h3-18,20,29H,19,21,37-38H2,1-2H3,(H,44,45)(H,48,49)/t29-,35+,36-/m0/s1. The van der Waals surface area contributed by atoms with Crippen molar-refractivity contribution in [3.63, 3.8) is 0 Å². The number of hydrazone groups is 1. The number of Topliss-reactive ketones (excluding diaryl/α,β-unsaturated/α-hetero) is 1. The van der Waals surface area contributed by atoms with Gasteiger partial charge in [0.1, 0.15) is 5.54 Å². The molecule has 0 aromatic heterocycles. The van der Waals surface area contributed by atoms with Crippen molar-refractivity contribution in [2.45, 2.75) is 44.1 Å². The van der Waals surface area contributed by atoms with Crippen molar-refractivity contribution in [1.29, 1.82) is 0 Å². The molecular formula is C36H34N6O8. The van der Waals surface area contributed by atoms with Crippen LogP contribution in [0.5, 0.6) is 0 Å². The van der Waals surface area contributed by atoms with Crippen molar-refractivity contribution in [2.75, 3.05) is 4.90 Å². The number of carboxylic acids is 2. The van der Waals surface area contributed by atoms with Crippen molar-refractivity contribution >= 4 is 58.2 Å². The van der Waals surface area contributed by atoms with E-state index < -0.39 is 59.2 Å². The third kappa shape index (κ3) is 5.81. The number of para-hydroxylation sites is 1. The van der Waals surface area contributed by atoms with Crippen molar-refractivity contribution in [3.05, 3.63) is 114 Å². The molecule has 256 valence electrons. The number of carbonyl (C=O) groups excluding carboxylic acids is 4. The van der Waals surface area contributed by atoms with E-state index in [1.54, 1.807) is 24.3 Å². The van der Waals surface area contributed by atoms with Crippen LogP contribution < -0.4 is 16.5 Å². The first-order valence-electron chi connectivity index (χ1n) is 15.4. The fourth-order valence-electron chi connectivity index (χ4n) is 6.27. The molecular weight excluding hydrogens is 644 g/mol. The summed E-state index contributed by atoms with van der Waals surface area (Å²) in [5, 5.41) is 25.7. The number of urea groups is 1. The zero-order valence-corrected chi connectivity index (χ0v) is 27.1. The summed E-state index contributed by atoms with van der Waals surface area (Å²) < 4.78 is 0. The molecule has 0 spiro atoms. The predicted octanol–water partition coefficient (Wildman–Crippen LogP) is 3.02. The lowest BCUT2D eigenvalue weighted by Crippen LogP contribution is -2.74. The van der Waals surface area contributed by atoms with E-state index in [1.807, 2.05) is 36.4 Å². The number of carbonyl (C=O) groups is 6. The van der Waals surface area contributed by atoms with Gasteiger partial charge in [0, 0.05) is 12.2 Å². The summed E-state index contributed by atoms with van der Waals surface area (Å²) in [7, 11) is 0. The van der Waals surface area contributed by atoms with Crippen molar-refractivity contribution in [3.8, 4) is 0 Å². The summed E-state index contributed by atoms with van der Waals surface area (Å²) in [6.07, 6.45) is 0.420. The Bertz CT molecular complexity index is 2020. The van der Waals surface area contributed by atoms with E-state index in [2.05, 4.69) is 5.10 Å². The molecule has 14 nitrogen and oxygen atoms in total. The molecule has 50 heavy (non-hydrogen) atoms. The summed E-state index contributed by atoms with van der Waals surface area (Å²) in [4.78, 5) is 84.8. The molecule has 0 bridgehead atoms. The van der Waals surface area contributed by atoms with Crippen LogP contribution in [0, 0.1) is 0 Å². The van der Waals surface area contributed by atoms with Gasteiger partial charge in [-0.05, 0) is 59.5 Å². The van der Waals surface area contributed by atoms with Gasteiger partial charge in [-0.15, -0.1) is 0 Å². The molecule has 1 aliphatic rings. The number of hydrogen-bond acceptors (Lipinski definition) is 9. The van der Waals surface area contributed by atoms with E-state index in [9.17, 15) is 39.0 Å². The summed E-state index contributed by atoms with van der Waals surface area (Å²) in [5.41, 5.74) is 1.87. The van der Waals surface area contributed by atoms with Crippen LogP contribution in [0.15, 0.2) is 102 Å². The fraction of sp³-hybridized carbons (Fsp3) is 0.194. The van der Waals surface area contributed by atoms with Crippen LogP contribution in [0.3, 0.4) is 0 Å². The third-order valence-electron chi connectivity index (χ3n) is 8.82. The maximum absolute atomic E-state index is 15.0. The van der Waals surface area contributed by atoms with Crippen LogP contribution in [-0.4, -0.2) is 73.5 Å². The minimum absolute atomic E-state index is 0.222. The Morgan fingerprint density at radius 1 is 0.920 bits per heavy atom. The molecule has 4 amide bonds. The zero-order chi connectivity index (χ0) is 36.4. The molecule has 3 atom stereocenters. The first-order chi connectivity index (χ1) is 23.8. The Morgan fingerprint density at radius 3 is 2.12 bits per heavy atom. The number of hydrogen-bond donors (Lipinski definition) is 4. The largest absolute Gasteiger partial charge is 0.481 e. The van der Waals surface area contributed by atoms with E-state index in [4.69, 9.17) is 11.6 Å². The number of amides is 4. The van der Waals surface area contributed by atoms with Gasteiger partial charge in [0.25, 0.3) is 11.6 Å². The van der Waals surface area contributed by atoms with Crippen LogP contribution in [0.1, 0.15) is 37.0 Å². The Hall–Kier alpha value is -6.41. The molecule has 1 heterocycles. The number of benzene rings is 4.